The fourth-order valence-corrected chi connectivity index (χ4v) is 1.57. The van der Waals surface area contributed by atoms with E-state index in [0.717, 1.165) is 6.07 Å². The average molecular weight is 266 g/mol. The number of halogens is 3. The molecular weight excluding hydrogens is 257 g/mol. The number of nitrogens with one attached hydrogen (secondary N) is 2. The Hall–Kier alpha value is -2.49. The molecule has 1 aromatic carbocycles. The van der Waals surface area contributed by atoms with E-state index in [1.165, 1.54) is 24.7 Å². The molecule has 4 nitrogen and oxygen atoms in total. The van der Waals surface area contributed by atoms with E-state index >= 15 is 0 Å². The highest BCUT2D eigenvalue weighted by Gasteiger charge is 2.33. The van der Waals surface area contributed by atoms with Crippen molar-refractivity contribution in [1.29, 1.82) is 5.26 Å². The number of hydrogen-bond donors (Lipinski definition) is 2. The molecule has 0 saturated heterocycles. The van der Waals surface area contributed by atoms with Crippen molar-refractivity contribution >= 4 is 5.69 Å². The Kier molecular flexibility index (Phi) is 3.42. The average Bonchev–Trinajstić information content (AvgIpc) is 2.88. The van der Waals surface area contributed by atoms with Crippen LogP contribution in [0.5, 0.6) is 0 Å². The van der Waals surface area contributed by atoms with Crippen molar-refractivity contribution in [2.75, 3.05) is 5.32 Å². The van der Waals surface area contributed by atoms with E-state index in [-0.39, 0.29) is 17.8 Å². The van der Waals surface area contributed by atoms with E-state index < -0.39 is 11.7 Å². The Bertz CT molecular complexity index is 596. The van der Waals surface area contributed by atoms with Crippen LogP contribution in [0.25, 0.3) is 0 Å². The summed E-state index contributed by atoms with van der Waals surface area (Å²) in [6, 6.07) is 5.11. The van der Waals surface area contributed by atoms with E-state index in [1.54, 1.807) is 6.07 Å². The summed E-state index contributed by atoms with van der Waals surface area (Å²) in [5.74, 6) is 0. The number of aromatic nitrogens is 2. The summed E-state index contributed by atoms with van der Waals surface area (Å²) in [7, 11) is 0. The van der Waals surface area contributed by atoms with E-state index in [0.29, 0.717) is 5.69 Å². The third-order valence-corrected chi connectivity index (χ3v) is 2.48. The normalized spacial score (nSPS) is 11.1. The first-order valence-electron chi connectivity index (χ1n) is 5.33. The molecular formula is C12H9F3N4. The lowest BCUT2D eigenvalue weighted by Gasteiger charge is -2.14. The van der Waals surface area contributed by atoms with E-state index in [9.17, 15) is 13.2 Å². The van der Waals surface area contributed by atoms with Gasteiger partial charge in [0.2, 0.25) is 0 Å². The lowest BCUT2D eigenvalue weighted by atomic mass is 10.1. The van der Waals surface area contributed by atoms with Gasteiger partial charge < -0.3 is 10.3 Å². The number of aromatic amines is 1. The highest BCUT2D eigenvalue weighted by atomic mass is 19.4. The molecule has 2 aromatic rings. The molecule has 0 aliphatic rings. The fourth-order valence-electron chi connectivity index (χ4n) is 1.57. The van der Waals surface area contributed by atoms with Gasteiger partial charge in [0.25, 0.3) is 0 Å². The predicted octanol–water partition coefficient (Wildman–Crippen LogP) is 2.91. The van der Waals surface area contributed by atoms with Crippen LogP contribution in [0.15, 0.2) is 30.7 Å². The zero-order chi connectivity index (χ0) is 13.9. The molecule has 2 N–H and O–H groups in total. The number of alkyl halides is 3. The number of H-pyrrole nitrogens is 1. The van der Waals surface area contributed by atoms with Crippen LogP contribution in [0.2, 0.25) is 0 Å². The van der Waals surface area contributed by atoms with Gasteiger partial charge in [-0.3, -0.25) is 0 Å². The Morgan fingerprint density at radius 3 is 2.74 bits per heavy atom. The first-order valence-corrected chi connectivity index (χ1v) is 5.33. The van der Waals surface area contributed by atoms with Gasteiger partial charge in [-0.15, -0.1) is 0 Å². The van der Waals surface area contributed by atoms with Crippen LogP contribution in [0.4, 0.5) is 18.9 Å². The highest BCUT2D eigenvalue weighted by molar-refractivity contribution is 5.56. The van der Waals surface area contributed by atoms with Gasteiger partial charge >= 0.3 is 6.18 Å². The number of rotatable bonds is 3. The van der Waals surface area contributed by atoms with Crippen molar-refractivity contribution in [2.24, 2.45) is 0 Å². The zero-order valence-electron chi connectivity index (χ0n) is 9.62. The standard InChI is InChI=1S/C12H9F3N4/c13-12(14,15)10-3-8(4-16)1-2-11(10)18-6-9-5-17-7-19-9/h1-3,5,7,18H,6H2,(H,17,19). The number of benzene rings is 1. The lowest BCUT2D eigenvalue weighted by molar-refractivity contribution is -0.137. The van der Waals surface area contributed by atoms with Crippen molar-refractivity contribution in [3.63, 3.8) is 0 Å². The molecule has 98 valence electrons. The van der Waals surface area contributed by atoms with Crippen LogP contribution < -0.4 is 5.32 Å². The Morgan fingerprint density at radius 2 is 2.16 bits per heavy atom. The molecule has 0 amide bonds. The summed E-state index contributed by atoms with van der Waals surface area (Å²) >= 11 is 0. The van der Waals surface area contributed by atoms with Crippen molar-refractivity contribution < 1.29 is 13.2 Å². The van der Waals surface area contributed by atoms with Crippen LogP contribution in [0.1, 0.15) is 16.8 Å². The van der Waals surface area contributed by atoms with Gasteiger partial charge in [-0.25, -0.2) is 4.98 Å². The number of imidazole rings is 1. The highest BCUT2D eigenvalue weighted by Crippen LogP contribution is 2.35. The molecule has 0 fully saturated rings. The van der Waals surface area contributed by atoms with Crippen molar-refractivity contribution in [2.45, 2.75) is 12.7 Å². The maximum atomic E-state index is 12.9. The molecule has 1 heterocycles. The van der Waals surface area contributed by atoms with Gasteiger partial charge in [-0.1, -0.05) is 0 Å². The SMILES string of the molecule is N#Cc1ccc(NCc2cnc[nH]2)c(C(F)(F)F)c1. The van der Waals surface area contributed by atoms with Crippen molar-refractivity contribution in [3.8, 4) is 6.07 Å². The molecule has 2 rings (SSSR count). The minimum atomic E-state index is -4.51. The van der Waals surface area contributed by atoms with Crippen LogP contribution in [0.3, 0.4) is 0 Å². The smallest absolute Gasteiger partial charge is 0.379 e. The number of nitrogens with zero attached hydrogens (tertiary/aromatic N) is 2. The maximum Gasteiger partial charge on any atom is 0.418 e. The minimum absolute atomic E-state index is 0.0283. The topological polar surface area (TPSA) is 64.5 Å². The molecule has 0 aliphatic carbocycles. The van der Waals surface area contributed by atoms with E-state index in [1.807, 2.05) is 0 Å². The van der Waals surface area contributed by atoms with Gasteiger partial charge in [-0.2, -0.15) is 18.4 Å². The van der Waals surface area contributed by atoms with Crippen LogP contribution >= 0.6 is 0 Å². The maximum absolute atomic E-state index is 12.9. The molecule has 1 aromatic heterocycles. The second-order valence-electron chi connectivity index (χ2n) is 3.80. The second-order valence-corrected chi connectivity index (χ2v) is 3.80. The zero-order valence-corrected chi connectivity index (χ0v) is 9.62. The summed E-state index contributed by atoms with van der Waals surface area (Å²) < 4.78 is 38.6. The van der Waals surface area contributed by atoms with Crippen LogP contribution in [0, 0.1) is 11.3 Å². The summed E-state index contributed by atoms with van der Waals surface area (Å²) in [6.45, 7) is 0.189. The number of hydrogen-bond acceptors (Lipinski definition) is 3. The minimum Gasteiger partial charge on any atom is -0.379 e. The quantitative estimate of drug-likeness (QED) is 0.897. The molecule has 0 aliphatic heterocycles. The summed E-state index contributed by atoms with van der Waals surface area (Å²) in [5.41, 5.74) is -0.288. The molecule has 7 heteroatoms. The van der Waals surface area contributed by atoms with Gasteiger partial charge in [0, 0.05) is 11.9 Å². The van der Waals surface area contributed by atoms with Gasteiger partial charge in [0.15, 0.2) is 0 Å². The third kappa shape index (κ3) is 3.04. The Labute approximate surface area is 106 Å². The molecule has 0 spiro atoms. The molecule has 0 saturated carbocycles. The first-order chi connectivity index (χ1) is 9.00. The molecule has 0 unspecified atom stereocenters. The monoisotopic (exact) mass is 266 g/mol. The molecule has 19 heavy (non-hydrogen) atoms. The van der Waals surface area contributed by atoms with Crippen LogP contribution in [-0.2, 0) is 12.7 Å². The van der Waals surface area contributed by atoms with Gasteiger partial charge in [0.05, 0.1) is 35.8 Å². The summed E-state index contributed by atoms with van der Waals surface area (Å²) in [6.07, 6.45) is -1.55. The van der Waals surface area contributed by atoms with Crippen molar-refractivity contribution in [3.05, 3.63) is 47.5 Å². The summed E-state index contributed by atoms with van der Waals surface area (Å²) in [4.78, 5) is 6.55. The largest absolute Gasteiger partial charge is 0.418 e. The number of anilines is 1. The lowest BCUT2D eigenvalue weighted by Crippen LogP contribution is -2.11. The Balaban J connectivity index is 2.27. The van der Waals surface area contributed by atoms with E-state index in [4.69, 9.17) is 5.26 Å². The molecule has 0 radical (unpaired) electrons. The molecule has 0 atom stereocenters. The number of nitriles is 1. The van der Waals surface area contributed by atoms with Gasteiger partial charge in [-0.05, 0) is 18.2 Å². The summed E-state index contributed by atoms with van der Waals surface area (Å²) in [5, 5.41) is 11.3. The predicted molar refractivity (Wildman–Crippen MR) is 62.1 cm³/mol. The fraction of sp³-hybridized carbons (Fsp3) is 0.167. The second kappa shape index (κ2) is 5.02. The Morgan fingerprint density at radius 1 is 1.37 bits per heavy atom. The van der Waals surface area contributed by atoms with Crippen molar-refractivity contribution in [1.82, 2.24) is 9.97 Å². The van der Waals surface area contributed by atoms with Crippen LogP contribution in [-0.4, -0.2) is 9.97 Å². The van der Waals surface area contributed by atoms with Gasteiger partial charge in [0.1, 0.15) is 0 Å². The molecule has 0 bridgehead atoms. The van der Waals surface area contributed by atoms with E-state index in [2.05, 4.69) is 15.3 Å². The third-order valence-electron chi connectivity index (χ3n) is 2.48. The first kappa shape index (κ1) is 13.0.